The van der Waals surface area contributed by atoms with Crippen molar-refractivity contribution in [2.24, 2.45) is 11.1 Å². The van der Waals surface area contributed by atoms with E-state index in [4.69, 9.17) is 10.8 Å². The lowest BCUT2D eigenvalue weighted by atomic mass is 9.87. The first-order chi connectivity index (χ1) is 7.62. The smallest absolute Gasteiger partial charge is 0.305 e. The molecule has 1 aliphatic rings. The quantitative estimate of drug-likeness (QED) is 0.667. The molecule has 1 rings (SSSR count). The van der Waals surface area contributed by atoms with E-state index < -0.39 is 11.5 Å². The minimum absolute atomic E-state index is 0.0291. The maximum absolute atomic E-state index is 11.8. The molecule has 98 valence electrons. The summed E-state index contributed by atoms with van der Waals surface area (Å²) < 4.78 is 0. The first-order valence-corrected chi connectivity index (χ1v) is 5.94. The van der Waals surface area contributed by atoms with Crippen molar-refractivity contribution < 1.29 is 14.7 Å². The van der Waals surface area contributed by atoms with E-state index >= 15 is 0 Å². The Balaban J connectivity index is 2.57. The van der Waals surface area contributed by atoms with E-state index in [2.05, 4.69) is 5.32 Å². The molecule has 0 spiro atoms. The first-order valence-electron chi connectivity index (χ1n) is 5.94. The van der Waals surface area contributed by atoms with Crippen LogP contribution >= 0.6 is 0 Å². The summed E-state index contributed by atoms with van der Waals surface area (Å²) >= 11 is 0. The highest BCUT2D eigenvalue weighted by Crippen LogP contribution is 2.33. The van der Waals surface area contributed by atoms with Crippen LogP contribution in [0.15, 0.2) is 0 Å². The monoisotopic (exact) mass is 242 g/mol. The van der Waals surface area contributed by atoms with Crippen LogP contribution in [0.25, 0.3) is 0 Å². The van der Waals surface area contributed by atoms with E-state index in [0.717, 1.165) is 0 Å². The maximum Gasteiger partial charge on any atom is 0.305 e. The van der Waals surface area contributed by atoms with E-state index in [0.29, 0.717) is 19.3 Å². The zero-order valence-corrected chi connectivity index (χ0v) is 10.7. The zero-order chi connectivity index (χ0) is 13.3. The fraction of sp³-hybridized carbons (Fsp3) is 0.833. The Labute approximate surface area is 102 Å². The van der Waals surface area contributed by atoms with Crippen molar-refractivity contribution in [2.75, 3.05) is 0 Å². The standard InChI is InChI=1S/C12H22N2O3/c1-11(2,3)7-8(6-9(15)16)14-10(17)12(13)4-5-12/h8H,4-7,13H2,1-3H3,(H,14,17)(H,15,16). The van der Waals surface area contributed by atoms with Crippen molar-refractivity contribution in [3.8, 4) is 0 Å². The lowest BCUT2D eigenvalue weighted by Gasteiger charge is -2.26. The number of carboxylic acids is 1. The Bertz CT molecular complexity index is 316. The predicted molar refractivity (Wildman–Crippen MR) is 64.4 cm³/mol. The minimum Gasteiger partial charge on any atom is -0.481 e. The topological polar surface area (TPSA) is 92.4 Å². The Morgan fingerprint density at radius 3 is 2.29 bits per heavy atom. The summed E-state index contributed by atoms with van der Waals surface area (Å²) in [6.07, 6.45) is 1.95. The predicted octanol–water partition coefficient (Wildman–Crippen LogP) is 0.873. The molecule has 1 aliphatic carbocycles. The van der Waals surface area contributed by atoms with Gasteiger partial charge in [0.2, 0.25) is 5.91 Å². The summed E-state index contributed by atoms with van der Waals surface area (Å²) in [6, 6.07) is -0.346. The van der Waals surface area contributed by atoms with Crippen molar-refractivity contribution in [3.05, 3.63) is 0 Å². The number of carbonyl (C=O) groups excluding carboxylic acids is 1. The third-order valence-corrected chi connectivity index (χ3v) is 2.86. The number of nitrogens with two attached hydrogens (primary N) is 1. The van der Waals surface area contributed by atoms with Crippen LogP contribution in [-0.4, -0.2) is 28.6 Å². The van der Waals surface area contributed by atoms with Gasteiger partial charge in [-0.1, -0.05) is 20.8 Å². The molecule has 0 aromatic carbocycles. The van der Waals surface area contributed by atoms with Crippen molar-refractivity contribution in [1.29, 1.82) is 0 Å². The number of carboxylic acid groups (broad SMARTS) is 1. The van der Waals surface area contributed by atoms with Crippen molar-refractivity contribution in [3.63, 3.8) is 0 Å². The average Bonchev–Trinajstić information content (AvgIpc) is 2.80. The fourth-order valence-corrected chi connectivity index (χ4v) is 1.82. The van der Waals surface area contributed by atoms with E-state index in [1.54, 1.807) is 0 Å². The van der Waals surface area contributed by atoms with Gasteiger partial charge in [0, 0.05) is 6.04 Å². The molecule has 1 unspecified atom stereocenters. The van der Waals surface area contributed by atoms with E-state index in [9.17, 15) is 9.59 Å². The molecule has 0 saturated heterocycles. The van der Waals surface area contributed by atoms with Gasteiger partial charge in [0.1, 0.15) is 0 Å². The highest BCUT2D eigenvalue weighted by molar-refractivity contribution is 5.89. The first kappa shape index (κ1) is 14.0. The molecular formula is C12H22N2O3. The average molecular weight is 242 g/mol. The Kier molecular flexibility index (Phi) is 3.81. The molecule has 1 atom stereocenters. The number of amides is 1. The largest absolute Gasteiger partial charge is 0.481 e. The second kappa shape index (κ2) is 4.64. The molecule has 1 fully saturated rings. The molecule has 1 amide bonds. The lowest BCUT2D eigenvalue weighted by Crippen LogP contribution is -2.48. The van der Waals surface area contributed by atoms with Crippen LogP contribution in [0.5, 0.6) is 0 Å². The molecule has 0 aliphatic heterocycles. The van der Waals surface area contributed by atoms with Crippen LogP contribution < -0.4 is 11.1 Å². The number of hydrogen-bond donors (Lipinski definition) is 3. The zero-order valence-electron chi connectivity index (χ0n) is 10.7. The van der Waals surface area contributed by atoms with Crippen LogP contribution in [0, 0.1) is 5.41 Å². The molecule has 0 aromatic heterocycles. The van der Waals surface area contributed by atoms with Gasteiger partial charge in [0.25, 0.3) is 0 Å². The normalized spacial score (nSPS) is 19.5. The number of carbonyl (C=O) groups is 2. The van der Waals surface area contributed by atoms with Gasteiger partial charge in [-0.3, -0.25) is 9.59 Å². The van der Waals surface area contributed by atoms with Crippen LogP contribution in [0.4, 0.5) is 0 Å². The third kappa shape index (κ3) is 4.73. The Morgan fingerprint density at radius 1 is 1.41 bits per heavy atom. The number of nitrogens with one attached hydrogen (secondary N) is 1. The fourth-order valence-electron chi connectivity index (χ4n) is 1.82. The van der Waals surface area contributed by atoms with Gasteiger partial charge < -0.3 is 16.2 Å². The second-order valence-electron chi connectivity index (χ2n) is 6.19. The summed E-state index contributed by atoms with van der Waals surface area (Å²) in [4.78, 5) is 22.5. The molecule has 1 saturated carbocycles. The molecule has 4 N–H and O–H groups in total. The second-order valence-corrected chi connectivity index (χ2v) is 6.19. The van der Waals surface area contributed by atoms with E-state index in [1.807, 2.05) is 20.8 Å². The molecule has 0 radical (unpaired) electrons. The molecular weight excluding hydrogens is 220 g/mol. The van der Waals surface area contributed by atoms with Crippen molar-refractivity contribution >= 4 is 11.9 Å². The van der Waals surface area contributed by atoms with Crippen LogP contribution in [0.1, 0.15) is 46.5 Å². The van der Waals surface area contributed by atoms with Gasteiger partial charge in [0.05, 0.1) is 12.0 Å². The molecule has 5 heteroatoms. The highest BCUT2D eigenvalue weighted by atomic mass is 16.4. The summed E-state index contributed by atoms with van der Waals surface area (Å²) in [5.74, 6) is -1.12. The SMILES string of the molecule is CC(C)(C)CC(CC(=O)O)NC(=O)C1(N)CC1. The van der Waals surface area contributed by atoms with E-state index in [-0.39, 0.29) is 23.8 Å². The summed E-state index contributed by atoms with van der Waals surface area (Å²) in [7, 11) is 0. The lowest BCUT2D eigenvalue weighted by molar-refractivity contribution is -0.138. The minimum atomic E-state index is -0.901. The highest BCUT2D eigenvalue weighted by Gasteiger charge is 2.46. The van der Waals surface area contributed by atoms with Crippen molar-refractivity contribution in [1.82, 2.24) is 5.32 Å². The Morgan fingerprint density at radius 2 is 1.94 bits per heavy atom. The third-order valence-electron chi connectivity index (χ3n) is 2.86. The number of hydrogen-bond acceptors (Lipinski definition) is 3. The maximum atomic E-state index is 11.8. The Hall–Kier alpha value is -1.10. The van der Waals surface area contributed by atoms with Gasteiger partial charge in [-0.25, -0.2) is 0 Å². The summed E-state index contributed by atoms with van der Waals surface area (Å²) in [5, 5.41) is 11.6. The van der Waals surface area contributed by atoms with Crippen LogP contribution in [-0.2, 0) is 9.59 Å². The van der Waals surface area contributed by atoms with Crippen molar-refractivity contribution in [2.45, 2.75) is 58.0 Å². The summed E-state index contributed by atoms with van der Waals surface area (Å²) in [6.45, 7) is 6.05. The van der Waals surface area contributed by atoms with Gasteiger partial charge in [-0.2, -0.15) is 0 Å². The van der Waals surface area contributed by atoms with E-state index in [1.165, 1.54) is 0 Å². The van der Waals surface area contributed by atoms with Gasteiger partial charge in [0.15, 0.2) is 0 Å². The number of aliphatic carboxylic acids is 1. The van der Waals surface area contributed by atoms with Crippen LogP contribution in [0.3, 0.4) is 0 Å². The van der Waals surface area contributed by atoms with Gasteiger partial charge in [-0.05, 0) is 24.7 Å². The summed E-state index contributed by atoms with van der Waals surface area (Å²) in [5.41, 5.74) is 5.00. The molecule has 17 heavy (non-hydrogen) atoms. The molecule has 0 bridgehead atoms. The van der Waals surface area contributed by atoms with Gasteiger partial charge in [-0.15, -0.1) is 0 Å². The molecule has 5 nitrogen and oxygen atoms in total. The number of rotatable bonds is 5. The van der Waals surface area contributed by atoms with Crippen LogP contribution in [0.2, 0.25) is 0 Å². The molecule has 0 heterocycles. The van der Waals surface area contributed by atoms with Gasteiger partial charge >= 0.3 is 5.97 Å². The molecule has 0 aromatic rings.